The molecule has 5 nitrogen and oxygen atoms in total. The van der Waals surface area contributed by atoms with Crippen LogP contribution in [0.3, 0.4) is 0 Å². The van der Waals surface area contributed by atoms with E-state index in [1.807, 2.05) is 0 Å². The highest BCUT2D eigenvalue weighted by molar-refractivity contribution is 5.18. The molecule has 0 bridgehead atoms. The smallest absolute Gasteiger partial charge is 0.0755 e. The Bertz CT molecular complexity index is 1390. The number of hydrazine groups is 1. The largest absolute Gasteiger partial charge is 0.372 e. The van der Waals surface area contributed by atoms with Gasteiger partial charge in [0.2, 0.25) is 0 Å². The van der Waals surface area contributed by atoms with E-state index >= 15 is 0 Å². The third kappa shape index (κ3) is 8.69. The van der Waals surface area contributed by atoms with Crippen LogP contribution in [0.15, 0.2) is 121 Å². The first-order chi connectivity index (χ1) is 22.2. The molecule has 2 saturated carbocycles. The molecule has 0 spiro atoms. The molecular weight excluding hydrogens is 554 g/mol. The normalized spacial score (nSPS) is 22.6. The van der Waals surface area contributed by atoms with Crippen molar-refractivity contribution < 1.29 is 9.47 Å². The van der Waals surface area contributed by atoms with Crippen LogP contribution in [-0.2, 0) is 35.7 Å². The predicted molar refractivity (Wildman–Crippen MR) is 182 cm³/mol. The molecule has 0 heterocycles. The van der Waals surface area contributed by atoms with Crippen molar-refractivity contribution in [2.75, 3.05) is 0 Å². The number of rotatable bonds is 14. The molecule has 0 saturated heterocycles. The van der Waals surface area contributed by atoms with Gasteiger partial charge in [-0.05, 0) is 54.4 Å². The lowest BCUT2D eigenvalue weighted by Crippen LogP contribution is -2.65. The zero-order valence-electron chi connectivity index (χ0n) is 26.5. The van der Waals surface area contributed by atoms with E-state index in [9.17, 15) is 0 Å². The fraction of sp³-hybridized carbons (Fsp3) is 0.400. The molecule has 2 aliphatic rings. The molecule has 0 aliphatic heterocycles. The summed E-state index contributed by atoms with van der Waals surface area (Å²) >= 11 is 0. The van der Waals surface area contributed by atoms with E-state index in [-0.39, 0.29) is 30.5 Å². The molecule has 236 valence electrons. The van der Waals surface area contributed by atoms with Crippen molar-refractivity contribution in [3.05, 3.63) is 144 Å². The van der Waals surface area contributed by atoms with Gasteiger partial charge < -0.3 is 15.2 Å². The molecule has 5 heteroatoms. The van der Waals surface area contributed by atoms with Gasteiger partial charge in [0.15, 0.2) is 0 Å². The molecule has 2 aliphatic carbocycles. The zero-order valence-corrected chi connectivity index (χ0v) is 26.5. The summed E-state index contributed by atoms with van der Waals surface area (Å²) in [5.41, 5.74) is 12.4. The number of nitrogens with two attached hydrogens (primary N) is 1. The van der Waals surface area contributed by atoms with Crippen LogP contribution in [0.5, 0.6) is 0 Å². The van der Waals surface area contributed by atoms with Crippen molar-refractivity contribution in [2.45, 2.75) is 102 Å². The summed E-state index contributed by atoms with van der Waals surface area (Å²) in [6, 6.07) is 43.1. The van der Waals surface area contributed by atoms with E-state index in [1.165, 1.54) is 35.1 Å². The minimum absolute atomic E-state index is 0.101. The van der Waals surface area contributed by atoms with E-state index < -0.39 is 0 Å². The van der Waals surface area contributed by atoms with Gasteiger partial charge >= 0.3 is 0 Å². The summed E-state index contributed by atoms with van der Waals surface area (Å²) in [7, 11) is 0. The molecule has 0 aromatic heterocycles. The highest BCUT2D eigenvalue weighted by atomic mass is 16.5. The predicted octanol–water partition coefficient (Wildman–Crippen LogP) is 7.90. The van der Waals surface area contributed by atoms with Crippen LogP contribution in [0.2, 0.25) is 0 Å². The summed E-state index contributed by atoms with van der Waals surface area (Å²) in [5, 5.41) is 5.17. The second-order valence-electron chi connectivity index (χ2n) is 12.7. The first-order valence-electron chi connectivity index (χ1n) is 16.9. The van der Waals surface area contributed by atoms with E-state index in [1.54, 1.807) is 0 Å². The van der Waals surface area contributed by atoms with Crippen LogP contribution < -0.4 is 5.73 Å². The van der Waals surface area contributed by atoms with E-state index in [2.05, 4.69) is 131 Å². The molecule has 0 amide bonds. The van der Waals surface area contributed by atoms with Gasteiger partial charge in [-0.25, -0.2) is 10.0 Å². The maximum absolute atomic E-state index is 7.37. The van der Waals surface area contributed by atoms with Gasteiger partial charge in [0.05, 0.1) is 43.7 Å². The quantitative estimate of drug-likeness (QED) is 0.117. The fourth-order valence-electron chi connectivity index (χ4n) is 7.29. The SMILES string of the molecule is NC(Cc1ccccc1)N(C1CCCCC1OCc1ccccc1)N(Cc1ccccc1)C1CCCC1OCc1ccccc1. The van der Waals surface area contributed by atoms with Crippen molar-refractivity contribution >= 4 is 0 Å². The Morgan fingerprint density at radius 1 is 0.533 bits per heavy atom. The Morgan fingerprint density at radius 2 is 0.978 bits per heavy atom. The summed E-state index contributed by atoms with van der Waals surface area (Å²) in [6.45, 7) is 2.04. The van der Waals surface area contributed by atoms with Gasteiger partial charge in [0, 0.05) is 13.0 Å². The Hall–Kier alpha value is -3.32. The van der Waals surface area contributed by atoms with Crippen LogP contribution >= 0.6 is 0 Å². The van der Waals surface area contributed by atoms with E-state index in [4.69, 9.17) is 15.2 Å². The Balaban J connectivity index is 1.32. The molecule has 0 radical (unpaired) electrons. The zero-order chi connectivity index (χ0) is 30.7. The molecule has 2 fully saturated rings. The van der Waals surface area contributed by atoms with Crippen LogP contribution in [0.1, 0.15) is 67.2 Å². The Labute approximate surface area is 269 Å². The van der Waals surface area contributed by atoms with Crippen molar-refractivity contribution in [1.82, 2.24) is 10.0 Å². The first-order valence-corrected chi connectivity index (χ1v) is 16.9. The van der Waals surface area contributed by atoms with Crippen LogP contribution in [0, 0.1) is 0 Å². The highest BCUT2D eigenvalue weighted by Crippen LogP contribution is 2.35. The molecule has 5 atom stereocenters. The number of benzene rings is 4. The molecule has 4 aromatic rings. The summed E-state index contributed by atoms with van der Waals surface area (Å²) in [5.74, 6) is 0. The third-order valence-corrected chi connectivity index (χ3v) is 9.53. The lowest BCUT2D eigenvalue weighted by Gasteiger charge is -2.51. The maximum atomic E-state index is 7.37. The van der Waals surface area contributed by atoms with Crippen LogP contribution in [0.4, 0.5) is 0 Å². The standard InChI is InChI=1S/C40H49N3O2/c41-40(28-32-16-5-1-6-17-32)43(37-24-13-14-26-39(37)45-31-35-22-11-4-12-23-35)42(29-33-18-7-2-8-19-33)36-25-15-27-38(36)44-30-34-20-9-3-10-21-34/h1-12,16-23,36-40H,13-15,24-31,41H2. The number of hydrogen-bond donors (Lipinski definition) is 1. The van der Waals surface area contributed by atoms with Gasteiger partial charge in [0.25, 0.3) is 0 Å². The van der Waals surface area contributed by atoms with Crippen LogP contribution in [-0.4, -0.2) is 40.5 Å². The summed E-state index contributed by atoms with van der Waals surface area (Å²) < 4.78 is 13.6. The number of nitrogens with zero attached hydrogens (tertiary/aromatic N) is 2. The first kappa shape index (κ1) is 31.7. The average molecular weight is 604 g/mol. The second-order valence-corrected chi connectivity index (χ2v) is 12.7. The Morgan fingerprint density at radius 3 is 1.56 bits per heavy atom. The summed E-state index contributed by atoms with van der Waals surface area (Å²) in [6.07, 6.45) is 8.58. The highest BCUT2D eigenvalue weighted by Gasteiger charge is 2.43. The lowest BCUT2D eigenvalue weighted by molar-refractivity contribution is -0.188. The topological polar surface area (TPSA) is 51.0 Å². The second kappa shape index (κ2) is 16.3. The van der Waals surface area contributed by atoms with E-state index in [0.717, 1.165) is 45.1 Å². The average Bonchev–Trinajstić information content (AvgIpc) is 3.57. The fourth-order valence-corrected chi connectivity index (χ4v) is 7.29. The van der Waals surface area contributed by atoms with Gasteiger partial charge in [-0.15, -0.1) is 0 Å². The summed E-state index contributed by atoms with van der Waals surface area (Å²) in [4.78, 5) is 0. The van der Waals surface area contributed by atoms with E-state index in [0.29, 0.717) is 13.2 Å². The van der Waals surface area contributed by atoms with Gasteiger partial charge in [0.1, 0.15) is 0 Å². The molecule has 6 rings (SSSR count). The van der Waals surface area contributed by atoms with Gasteiger partial charge in [-0.1, -0.05) is 134 Å². The number of ether oxygens (including phenoxy) is 2. The van der Waals surface area contributed by atoms with Crippen molar-refractivity contribution in [3.8, 4) is 0 Å². The molecule has 45 heavy (non-hydrogen) atoms. The van der Waals surface area contributed by atoms with Crippen molar-refractivity contribution in [1.29, 1.82) is 0 Å². The number of hydrogen-bond acceptors (Lipinski definition) is 5. The van der Waals surface area contributed by atoms with Crippen molar-refractivity contribution in [2.24, 2.45) is 5.73 Å². The minimum Gasteiger partial charge on any atom is -0.372 e. The molecule has 5 unspecified atom stereocenters. The van der Waals surface area contributed by atoms with Crippen molar-refractivity contribution in [3.63, 3.8) is 0 Å². The van der Waals surface area contributed by atoms with Crippen LogP contribution in [0.25, 0.3) is 0 Å². The maximum Gasteiger partial charge on any atom is 0.0755 e. The lowest BCUT2D eigenvalue weighted by atomic mass is 9.90. The minimum atomic E-state index is -0.197. The molecule has 2 N–H and O–H groups in total. The molecule has 4 aromatic carbocycles. The Kier molecular flexibility index (Phi) is 11.5. The van der Waals surface area contributed by atoms with Gasteiger partial charge in [-0.3, -0.25) is 0 Å². The molecular formula is C40H49N3O2. The monoisotopic (exact) mass is 603 g/mol. The third-order valence-electron chi connectivity index (χ3n) is 9.53. The van der Waals surface area contributed by atoms with Gasteiger partial charge in [-0.2, -0.15) is 0 Å².